The van der Waals surface area contributed by atoms with Crippen LogP contribution in [0.2, 0.25) is 0 Å². The third-order valence-corrected chi connectivity index (χ3v) is 9.88. The van der Waals surface area contributed by atoms with Crippen LogP contribution in [0.1, 0.15) is 83.9 Å². The first-order valence-corrected chi connectivity index (χ1v) is 15.6. The Hall–Kier alpha value is -2.76. The number of methoxy groups -OCH3 is 1. The van der Waals surface area contributed by atoms with Crippen LogP contribution in [0.3, 0.4) is 0 Å². The van der Waals surface area contributed by atoms with Crippen LogP contribution >= 0.6 is 0 Å². The fourth-order valence-electron chi connectivity index (χ4n) is 8.22. The molecule has 1 atom stereocenters. The van der Waals surface area contributed by atoms with Crippen molar-refractivity contribution in [3.8, 4) is 5.75 Å². The van der Waals surface area contributed by atoms with E-state index in [9.17, 15) is 9.59 Å². The number of hydrogen-bond donors (Lipinski definition) is 0. The van der Waals surface area contributed by atoms with E-state index in [1.807, 2.05) is 21.9 Å². The molecular formula is C34H49N3O3. The smallest absolute Gasteiger partial charge is 0.242 e. The number of aromatic nitrogens is 1. The number of amides is 2. The molecule has 4 saturated carbocycles. The van der Waals surface area contributed by atoms with E-state index in [0.717, 1.165) is 42.7 Å². The highest BCUT2D eigenvalue weighted by atomic mass is 16.5. The van der Waals surface area contributed by atoms with Gasteiger partial charge in [-0.1, -0.05) is 32.9 Å². The molecule has 6 rings (SSSR count). The van der Waals surface area contributed by atoms with Crippen molar-refractivity contribution in [2.24, 2.45) is 29.1 Å². The summed E-state index contributed by atoms with van der Waals surface area (Å²) in [5.74, 6) is 3.61. The van der Waals surface area contributed by atoms with Crippen LogP contribution in [-0.2, 0) is 22.7 Å². The van der Waals surface area contributed by atoms with Crippen molar-refractivity contribution >= 4 is 11.8 Å². The maximum absolute atomic E-state index is 14.3. The average Bonchev–Trinajstić information content (AvgIpc) is 3.35. The molecule has 1 unspecified atom stereocenters. The predicted octanol–water partition coefficient (Wildman–Crippen LogP) is 6.37. The van der Waals surface area contributed by atoms with Crippen molar-refractivity contribution in [1.29, 1.82) is 0 Å². The fraction of sp³-hybridized carbons (Fsp3) is 0.647. The van der Waals surface area contributed by atoms with Crippen molar-refractivity contribution in [3.05, 3.63) is 53.9 Å². The number of hydrogen-bond acceptors (Lipinski definition) is 3. The molecule has 218 valence electrons. The van der Waals surface area contributed by atoms with E-state index in [1.165, 1.54) is 19.3 Å². The molecule has 4 aliphatic carbocycles. The van der Waals surface area contributed by atoms with Gasteiger partial charge >= 0.3 is 0 Å². The molecule has 1 heterocycles. The van der Waals surface area contributed by atoms with E-state index in [4.69, 9.17) is 4.74 Å². The molecule has 2 aromatic rings. The zero-order chi connectivity index (χ0) is 28.4. The van der Waals surface area contributed by atoms with Gasteiger partial charge in [0, 0.05) is 31.0 Å². The van der Waals surface area contributed by atoms with Crippen LogP contribution in [0.15, 0.2) is 42.6 Å². The lowest BCUT2D eigenvalue weighted by atomic mass is 9.49. The summed E-state index contributed by atoms with van der Waals surface area (Å²) in [7, 11) is 1.69. The van der Waals surface area contributed by atoms with Gasteiger partial charge in [-0.3, -0.25) is 9.59 Å². The summed E-state index contributed by atoms with van der Waals surface area (Å²) in [4.78, 5) is 32.3. The molecule has 0 radical (unpaired) electrons. The molecule has 6 heteroatoms. The number of carbonyl (C=O) groups excluding carboxylic acids is 2. The van der Waals surface area contributed by atoms with Crippen molar-refractivity contribution in [2.45, 2.75) is 91.8 Å². The van der Waals surface area contributed by atoms with Crippen molar-refractivity contribution in [3.63, 3.8) is 0 Å². The Morgan fingerprint density at radius 1 is 1.02 bits per heavy atom. The Balaban J connectivity index is 1.33. The monoisotopic (exact) mass is 547 g/mol. The van der Waals surface area contributed by atoms with Crippen molar-refractivity contribution in [1.82, 2.24) is 14.4 Å². The topological polar surface area (TPSA) is 54.8 Å². The van der Waals surface area contributed by atoms with E-state index >= 15 is 0 Å². The second-order valence-electron chi connectivity index (χ2n) is 13.5. The van der Waals surface area contributed by atoms with Crippen LogP contribution in [0.25, 0.3) is 0 Å². The summed E-state index contributed by atoms with van der Waals surface area (Å²) >= 11 is 0. The Kier molecular flexibility index (Phi) is 8.63. The highest BCUT2D eigenvalue weighted by molar-refractivity contribution is 5.88. The largest absolute Gasteiger partial charge is 0.497 e. The van der Waals surface area contributed by atoms with Gasteiger partial charge in [0.05, 0.1) is 25.6 Å². The predicted molar refractivity (Wildman–Crippen MR) is 159 cm³/mol. The standard InChI is InChI=1S/C34H49N3O3/c1-6-25(4)37(22-30-10-8-12-35(30)21-26-9-7-11-31(16-26)40-5)32(38)23-36(20-24(2)3)33(39)34-17-27-13-28(18-34)15-29(14-27)19-34/h7-12,16,24-25,27-29H,6,13-15,17-23H2,1-5H3. The molecule has 0 saturated heterocycles. The summed E-state index contributed by atoms with van der Waals surface area (Å²) in [6.07, 6.45) is 9.99. The maximum atomic E-state index is 14.3. The van der Waals surface area contributed by atoms with Crippen molar-refractivity contribution < 1.29 is 14.3 Å². The minimum absolute atomic E-state index is 0.0576. The first kappa shape index (κ1) is 28.8. The van der Waals surface area contributed by atoms with Gasteiger partial charge in [0.15, 0.2) is 0 Å². The number of benzene rings is 1. The molecule has 1 aromatic carbocycles. The number of carbonyl (C=O) groups is 2. The van der Waals surface area contributed by atoms with Crippen LogP contribution in [0.4, 0.5) is 0 Å². The fourth-order valence-corrected chi connectivity index (χ4v) is 8.22. The summed E-state index contributed by atoms with van der Waals surface area (Å²) in [6.45, 7) is 10.6. The SMILES string of the molecule is CCC(C)N(Cc1cccn1Cc1cccc(OC)c1)C(=O)CN(CC(C)C)C(=O)C12CC3CC(CC(C3)C1)C2. The van der Waals surface area contributed by atoms with Gasteiger partial charge in [-0.2, -0.15) is 0 Å². The second kappa shape index (κ2) is 12.0. The molecule has 40 heavy (non-hydrogen) atoms. The third kappa shape index (κ3) is 6.11. The minimum Gasteiger partial charge on any atom is -0.497 e. The molecule has 4 bridgehead atoms. The first-order chi connectivity index (χ1) is 19.2. The van der Waals surface area contributed by atoms with Gasteiger partial charge in [0.1, 0.15) is 5.75 Å². The van der Waals surface area contributed by atoms with Gasteiger partial charge in [0.25, 0.3) is 0 Å². The second-order valence-corrected chi connectivity index (χ2v) is 13.5. The lowest BCUT2D eigenvalue weighted by Crippen LogP contribution is -2.56. The van der Waals surface area contributed by atoms with Gasteiger partial charge in [-0.05, 0) is 105 Å². The summed E-state index contributed by atoms with van der Waals surface area (Å²) in [5.41, 5.74) is 2.03. The van der Waals surface area contributed by atoms with Gasteiger partial charge in [-0.15, -0.1) is 0 Å². The Morgan fingerprint density at radius 2 is 1.70 bits per heavy atom. The molecule has 0 aliphatic heterocycles. The highest BCUT2D eigenvalue weighted by Crippen LogP contribution is 2.60. The van der Waals surface area contributed by atoms with E-state index in [0.29, 0.717) is 43.3 Å². The summed E-state index contributed by atoms with van der Waals surface area (Å²) < 4.78 is 7.62. The van der Waals surface area contributed by atoms with Crippen LogP contribution < -0.4 is 4.74 Å². The Bertz CT molecular complexity index is 1150. The molecular weight excluding hydrogens is 498 g/mol. The molecule has 2 amide bonds. The van der Waals surface area contributed by atoms with E-state index in [2.05, 4.69) is 62.7 Å². The molecule has 4 aliphatic rings. The quantitative estimate of drug-likeness (QED) is 0.310. The number of nitrogens with zero attached hydrogens (tertiary/aromatic N) is 3. The van der Waals surface area contributed by atoms with Crippen LogP contribution in [0, 0.1) is 29.1 Å². The summed E-state index contributed by atoms with van der Waals surface area (Å²) in [5, 5.41) is 0. The molecule has 4 fully saturated rings. The van der Waals surface area contributed by atoms with Crippen molar-refractivity contribution in [2.75, 3.05) is 20.2 Å². The molecule has 0 spiro atoms. The average molecular weight is 548 g/mol. The first-order valence-electron chi connectivity index (χ1n) is 15.6. The Labute approximate surface area is 241 Å². The molecule has 0 N–H and O–H groups in total. The summed E-state index contributed by atoms with van der Waals surface area (Å²) in [6, 6.07) is 12.4. The number of rotatable bonds is 12. The number of ether oxygens (including phenoxy) is 1. The third-order valence-electron chi connectivity index (χ3n) is 9.88. The Morgan fingerprint density at radius 3 is 2.30 bits per heavy atom. The van der Waals surface area contributed by atoms with E-state index < -0.39 is 0 Å². The van der Waals surface area contributed by atoms with Gasteiger partial charge in [-0.25, -0.2) is 0 Å². The molecule has 1 aromatic heterocycles. The lowest BCUT2D eigenvalue weighted by Gasteiger charge is -2.56. The van der Waals surface area contributed by atoms with Crippen LogP contribution in [0.5, 0.6) is 5.75 Å². The molecule has 6 nitrogen and oxygen atoms in total. The van der Waals surface area contributed by atoms with Gasteiger partial charge in [0.2, 0.25) is 11.8 Å². The zero-order valence-corrected chi connectivity index (χ0v) is 25.3. The van der Waals surface area contributed by atoms with Crippen LogP contribution in [-0.4, -0.2) is 52.4 Å². The van der Waals surface area contributed by atoms with E-state index in [1.54, 1.807) is 7.11 Å². The zero-order valence-electron chi connectivity index (χ0n) is 25.3. The minimum atomic E-state index is -0.226. The highest BCUT2D eigenvalue weighted by Gasteiger charge is 2.55. The lowest BCUT2D eigenvalue weighted by molar-refractivity contribution is -0.161. The van der Waals surface area contributed by atoms with E-state index in [-0.39, 0.29) is 29.8 Å². The van der Waals surface area contributed by atoms with Gasteiger partial charge < -0.3 is 19.1 Å². The maximum Gasteiger partial charge on any atom is 0.242 e. The normalized spacial score (nSPS) is 25.7.